The van der Waals surface area contributed by atoms with E-state index >= 15 is 0 Å². The third-order valence-electron chi connectivity index (χ3n) is 4.89. The van der Waals surface area contributed by atoms with Gasteiger partial charge >= 0.3 is 5.97 Å². The van der Waals surface area contributed by atoms with Crippen molar-refractivity contribution in [3.8, 4) is 23.0 Å². The van der Waals surface area contributed by atoms with E-state index in [1.54, 1.807) is 45.0 Å². The van der Waals surface area contributed by atoms with Gasteiger partial charge in [0, 0.05) is 6.07 Å². The number of aryl methyl sites for hydroxylation is 1. The number of hydrogen-bond acceptors (Lipinski definition) is 7. The Balaban J connectivity index is 1.79. The van der Waals surface area contributed by atoms with Crippen LogP contribution in [0.2, 0.25) is 0 Å². The summed E-state index contributed by atoms with van der Waals surface area (Å²) >= 11 is 0. The van der Waals surface area contributed by atoms with Gasteiger partial charge in [0.25, 0.3) is 5.91 Å². The van der Waals surface area contributed by atoms with Crippen molar-refractivity contribution in [2.75, 3.05) is 13.7 Å². The van der Waals surface area contributed by atoms with Crippen molar-refractivity contribution in [3.05, 3.63) is 58.4 Å². The van der Waals surface area contributed by atoms with Crippen molar-refractivity contribution in [2.45, 2.75) is 26.8 Å². The SMILES string of the molecule is COc1ccccc1Oc1c(C)oc2cc(OCC(=O)N[C@@H](C(=O)O)C(C)C)ccc2c1=O. The lowest BCUT2D eigenvalue weighted by molar-refractivity contribution is -0.143. The molecule has 3 rings (SSSR count). The molecule has 0 aliphatic rings. The summed E-state index contributed by atoms with van der Waals surface area (Å²) in [6.07, 6.45) is 0. The van der Waals surface area contributed by atoms with Gasteiger partial charge in [0.05, 0.1) is 12.5 Å². The number of benzene rings is 2. The molecule has 1 atom stereocenters. The maximum atomic E-state index is 13.0. The van der Waals surface area contributed by atoms with E-state index in [0.29, 0.717) is 11.5 Å². The number of rotatable bonds is 9. The van der Waals surface area contributed by atoms with E-state index in [0.717, 1.165) is 0 Å². The molecule has 33 heavy (non-hydrogen) atoms. The minimum Gasteiger partial charge on any atom is -0.493 e. The zero-order chi connectivity index (χ0) is 24.1. The first kappa shape index (κ1) is 23.6. The number of amides is 1. The average molecular weight is 455 g/mol. The van der Waals surface area contributed by atoms with Crippen LogP contribution in [-0.4, -0.2) is 36.7 Å². The van der Waals surface area contributed by atoms with Crippen LogP contribution in [0, 0.1) is 12.8 Å². The standard InChI is InChI=1S/C24H25NO8/c1-13(2)21(24(28)29)25-20(26)12-31-15-9-10-16-19(11-15)32-14(3)23(22(16)27)33-18-8-6-5-7-17(18)30-4/h5-11,13,21H,12H2,1-4H3,(H,25,26)(H,28,29)/t21-/m1/s1. The Labute approximate surface area is 189 Å². The molecular weight excluding hydrogens is 430 g/mol. The monoisotopic (exact) mass is 455 g/mol. The summed E-state index contributed by atoms with van der Waals surface area (Å²) in [6, 6.07) is 10.4. The van der Waals surface area contributed by atoms with Crippen LogP contribution in [0.4, 0.5) is 0 Å². The zero-order valence-corrected chi connectivity index (χ0v) is 18.7. The van der Waals surface area contributed by atoms with E-state index in [1.165, 1.54) is 25.3 Å². The highest BCUT2D eigenvalue weighted by atomic mass is 16.5. The van der Waals surface area contributed by atoms with Gasteiger partial charge in [0.1, 0.15) is 23.1 Å². The van der Waals surface area contributed by atoms with Crippen LogP contribution in [0.5, 0.6) is 23.0 Å². The first-order valence-electron chi connectivity index (χ1n) is 10.2. The minimum absolute atomic E-state index is 0.0356. The largest absolute Gasteiger partial charge is 0.493 e. The van der Waals surface area contributed by atoms with Gasteiger partial charge in [-0.2, -0.15) is 0 Å². The van der Waals surface area contributed by atoms with E-state index in [4.69, 9.17) is 18.6 Å². The van der Waals surface area contributed by atoms with Gasteiger partial charge < -0.3 is 29.1 Å². The van der Waals surface area contributed by atoms with E-state index in [2.05, 4.69) is 5.32 Å². The quantitative estimate of drug-likeness (QED) is 0.502. The van der Waals surface area contributed by atoms with Crippen molar-refractivity contribution in [3.63, 3.8) is 0 Å². The molecule has 0 spiro atoms. The molecule has 2 N–H and O–H groups in total. The molecule has 0 saturated heterocycles. The molecule has 0 fully saturated rings. The topological polar surface area (TPSA) is 124 Å². The van der Waals surface area contributed by atoms with Gasteiger partial charge in [0.15, 0.2) is 18.1 Å². The summed E-state index contributed by atoms with van der Waals surface area (Å²) in [4.78, 5) is 36.3. The molecule has 0 unspecified atom stereocenters. The minimum atomic E-state index is -1.12. The molecule has 0 aliphatic carbocycles. The van der Waals surface area contributed by atoms with Gasteiger partial charge in [0.2, 0.25) is 11.2 Å². The van der Waals surface area contributed by atoms with Crippen LogP contribution in [-0.2, 0) is 9.59 Å². The fourth-order valence-corrected chi connectivity index (χ4v) is 3.17. The summed E-state index contributed by atoms with van der Waals surface area (Å²) in [5.41, 5.74) is -0.112. The Hall–Kier alpha value is -4.01. The van der Waals surface area contributed by atoms with Gasteiger partial charge in [-0.25, -0.2) is 4.79 Å². The third-order valence-corrected chi connectivity index (χ3v) is 4.89. The van der Waals surface area contributed by atoms with E-state index < -0.39 is 17.9 Å². The van der Waals surface area contributed by atoms with Crippen LogP contribution in [0.3, 0.4) is 0 Å². The van der Waals surface area contributed by atoms with Crippen LogP contribution >= 0.6 is 0 Å². The summed E-state index contributed by atoms with van der Waals surface area (Å²) in [7, 11) is 1.50. The lowest BCUT2D eigenvalue weighted by atomic mass is 10.1. The smallest absolute Gasteiger partial charge is 0.326 e. The first-order valence-corrected chi connectivity index (χ1v) is 10.2. The number of para-hydroxylation sites is 2. The number of carboxylic acids is 1. The Bertz CT molecular complexity index is 1230. The van der Waals surface area contributed by atoms with Crippen LogP contribution in [0.1, 0.15) is 19.6 Å². The number of carbonyl (C=O) groups is 2. The van der Waals surface area contributed by atoms with Crippen molar-refractivity contribution in [1.29, 1.82) is 0 Å². The number of fused-ring (bicyclic) bond motifs is 1. The Morgan fingerprint density at radius 1 is 1.12 bits per heavy atom. The van der Waals surface area contributed by atoms with E-state index in [9.17, 15) is 19.5 Å². The average Bonchev–Trinajstić information content (AvgIpc) is 2.78. The Morgan fingerprint density at radius 2 is 1.82 bits per heavy atom. The molecular formula is C24H25NO8. The molecule has 1 aromatic heterocycles. The number of carbonyl (C=O) groups excluding carboxylic acids is 1. The van der Waals surface area contributed by atoms with Crippen molar-refractivity contribution in [2.24, 2.45) is 5.92 Å². The normalized spacial score (nSPS) is 11.8. The lowest BCUT2D eigenvalue weighted by Gasteiger charge is -2.18. The molecule has 0 bridgehead atoms. The fraction of sp³-hybridized carbons (Fsp3) is 0.292. The third kappa shape index (κ3) is 5.43. The lowest BCUT2D eigenvalue weighted by Crippen LogP contribution is -2.46. The van der Waals surface area contributed by atoms with Gasteiger partial charge in [-0.05, 0) is 37.1 Å². The van der Waals surface area contributed by atoms with Crippen molar-refractivity contribution >= 4 is 22.8 Å². The Morgan fingerprint density at radius 3 is 2.45 bits per heavy atom. The van der Waals surface area contributed by atoms with E-state index in [1.807, 2.05) is 0 Å². The second-order valence-corrected chi connectivity index (χ2v) is 7.64. The fourth-order valence-electron chi connectivity index (χ4n) is 3.17. The molecule has 0 aliphatic heterocycles. The number of ether oxygens (including phenoxy) is 3. The molecule has 9 nitrogen and oxygen atoms in total. The van der Waals surface area contributed by atoms with Crippen LogP contribution in [0.15, 0.2) is 51.7 Å². The number of nitrogens with one attached hydrogen (secondary N) is 1. The Kier molecular flexibility index (Phi) is 7.22. The second kappa shape index (κ2) is 10.1. The highest BCUT2D eigenvalue weighted by Crippen LogP contribution is 2.32. The highest BCUT2D eigenvalue weighted by molar-refractivity contribution is 5.85. The molecule has 2 aromatic carbocycles. The molecule has 1 amide bonds. The van der Waals surface area contributed by atoms with E-state index in [-0.39, 0.29) is 46.2 Å². The zero-order valence-electron chi connectivity index (χ0n) is 18.7. The summed E-state index contributed by atoms with van der Waals surface area (Å²) < 4.78 is 22.3. The molecule has 1 heterocycles. The van der Waals surface area contributed by atoms with Crippen LogP contribution < -0.4 is 25.0 Å². The van der Waals surface area contributed by atoms with Gasteiger partial charge in [-0.15, -0.1) is 0 Å². The maximum Gasteiger partial charge on any atom is 0.326 e. The maximum absolute atomic E-state index is 13.0. The molecule has 0 radical (unpaired) electrons. The molecule has 9 heteroatoms. The number of hydrogen-bond donors (Lipinski definition) is 2. The predicted molar refractivity (Wildman–Crippen MR) is 120 cm³/mol. The number of carboxylic acid groups (broad SMARTS) is 1. The van der Waals surface area contributed by atoms with Gasteiger partial charge in [-0.1, -0.05) is 26.0 Å². The van der Waals surface area contributed by atoms with Crippen molar-refractivity contribution < 1.29 is 33.3 Å². The second-order valence-electron chi connectivity index (χ2n) is 7.64. The molecule has 3 aromatic rings. The van der Waals surface area contributed by atoms with Crippen molar-refractivity contribution in [1.82, 2.24) is 5.32 Å². The summed E-state index contributed by atoms with van der Waals surface area (Å²) in [5, 5.41) is 11.9. The number of aliphatic carboxylic acids is 1. The molecule has 0 saturated carbocycles. The van der Waals surface area contributed by atoms with Crippen LogP contribution in [0.25, 0.3) is 11.0 Å². The van der Waals surface area contributed by atoms with Gasteiger partial charge in [-0.3, -0.25) is 9.59 Å². The number of methoxy groups -OCH3 is 1. The first-order chi connectivity index (χ1) is 15.7. The highest BCUT2D eigenvalue weighted by Gasteiger charge is 2.23. The summed E-state index contributed by atoms with van der Waals surface area (Å²) in [6.45, 7) is 4.60. The predicted octanol–water partition coefficient (Wildman–Crippen LogP) is 3.51. The molecule has 174 valence electrons. The summed E-state index contributed by atoms with van der Waals surface area (Å²) in [5.74, 6) is -0.542.